The van der Waals surface area contributed by atoms with E-state index >= 15 is 0 Å². The summed E-state index contributed by atoms with van der Waals surface area (Å²) < 4.78 is 24.9. The lowest BCUT2D eigenvalue weighted by Crippen LogP contribution is -2.23. The second kappa shape index (κ2) is 5.18. The number of hydrogen-bond donors (Lipinski definition) is 2. The molecule has 6 nitrogen and oxygen atoms in total. The number of amides is 1. The minimum absolute atomic E-state index is 0.0318. The van der Waals surface area contributed by atoms with E-state index in [1.807, 2.05) is 0 Å². The van der Waals surface area contributed by atoms with Crippen molar-refractivity contribution in [3.63, 3.8) is 0 Å². The first kappa shape index (κ1) is 13.8. The lowest BCUT2D eigenvalue weighted by atomic mass is 10.2. The standard InChI is InChI=1S/C12H17N3O3S/c1-15(2)19(17,18)11-5-3-9(4-6-11)14-10-7-12(16)13-8-10/h3-6,10,14H,7-8H2,1-2H3,(H,13,16). The zero-order valence-electron chi connectivity index (χ0n) is 10.9. The summed E-state index contributed by atoms with van der Waals surface area (Å²) in [7, 11) is -0.396. The molecule has 7 heteroatoms. The highest BCUT2D eigenvalue weighted by Crippen LogP contribution is 2.18. The van der Waals surface area contributed by atoms with E-state index in [1.54, 1.807) is 24.3 Å². The summed E-state index contributed by atoms with van der Waals surface area (Å²) in [5.41, 5.74) is 0.805. The average Bonchev–Trinajstić information content (AvgIpc) is 2.75. The second-order valence-corrected chi connectivity index (χ2v) is 6.81. The maximum absolute atomic E-state index is 11.9. The van der Waals surface area contributed by atoms with Gasteiger partial charge in [-0.3, -0.25) is 4.79 Å². The highest BCUT2D eigenvalue weighted by atomic mass is 32.2. The largest absolute Gasteiger partial charge is 0.380 e. The van der Waals surface area contributed by atoms with Gasteiger partial charge in [0, 0.05) is 32.7 Å². The fourth-order valence-corrected chi connectivity index (χ4v) is 2.78. The van der Waals surface area contributed by atoms with Gasteiger partial charge in [0.1, 0.15) is 0 Å². The molecule has 1 amide bonds. The number of nitrogens with zero attached hydrogens (tertiary/aromatic N) is 1. The molecule has 1 heterocycles. The first-order valence-corrected chi connectivity index (χ1v) is 7.39. The molecule has 0 bridgehead atoms. The molecule has 19 heavy (non-hydrogen) atoms. The minimum Gasteiger partial charge on any atom is -0.380 e. The van der Waals surface area contributed by atoms with E-state index in [1.165, 1.54) is 18.4 Å². The quantitative estimate of drug-likeness (QED) is 0.829. The third-order valence-electron chi connectivity index (χ3n) is 2.98. The summed E-state index contributed by atoms with van der Waals surface area (Å²) in [5.74, 6) is 0.0318. The van der Waals surface area contributed by atoms with E-state index < -0.39 is 10.0 Å². The summed E-state index contributed by atoms with van der Waals surface area (Å²) in [6.07, 6.45) is 0.442. The molecule has 1 unspecified atom stereocenters. The number of sulfonamides is 1. The Morgan fingerprint density at radius 2 is 1.89 bits per heavy atom. The van der Waals surface area contributed by atoms with Crippen LogP contribution in [-0.2, 0) is 14.8 Å². The fraction of sp³-hybridized carbons (Fsp3) is 0.417. The van der Waals surface area contributed by atoms with Crippen LogP contribution in [0.4, 0.5) is 5.69 Å². The van der Waals surface area contributed by atoms with Gasteiger partial charge >= 0.3 is 0 Å². The number of nitrogens with one attached hydrogen (secondary N) is 2. The summed E-state index contributed by atoms with van der Waals surface area (Å²) >= 11 is 0. The van der Waals surface area contributed by atoms with Crippen molar-refractivity contribution in [3.8, 4) is 0 Å². The Morgan fingerprint density at radius 1 is 1.26 bits per heavy atom. The Hall–Kier alpha value is -1.60. The predicted octanol–water partition coefficient (Wildman–Crippen LogP) is 0.237. The number of benzene rings is 1. The Kier molecular flexibility index (Phi) is 3.77. The van der Waals surface area contributed by atoms with Gasteiger partial charge in [0.05, 0.1) is 10.9 Å². The Morgan fingerprint density at radius 3 is 2.37 bits per heavy atom. The summed E-state index contributed by atoms with van der Waals surface area (Å²) in [6.45, 7) is 0.594. The van der Waals surface area contributed by atoms with Crippen LogP contribution in [-0.4, -0.2) is 45.3 Å². The van der Waals surface area contributed by atoms with Gasteiger partial charge in [-0.15, -0.1) is 0 Å². The lowest BCUT2D eigenvalue weighted by molar-refractivity contribution is -0.119. The summed E-state index contributed by atoms with van der Waals surface area (Å²) in [4.78, 5) is 11.3. The van der Waals surface area contributed by atoms with Crippen LogP contribution in [0.1, 0.15) is 6.42 Å². The van der Waals surface area contributed by atoms with Crippen molar-refractivity contribution in [1.82, 2.24) is 9.62 Å². The second-order valence-electron chi connectivity index (χ2n) is 4.66. The summed E-state index contributed by atoms with van der Waals surface area (Å²) in [5, 5.41) is 5.92. The molecule has 1 aliphatic rings. The molecule has 1 saturated heterocycles. The molecule has 1 aromatic carbocycles. The average molecular weight is 283 g/mol. The maximum atomic E-state index is 11.9. The van der Waals surface area contributed by atoms with E-state index in [4.69, 9.17) is 0 Å². The van der Waals surface area contributed by atoms with Crippen molar-refractivity contribution in [3.05, 3.63) is 24.3 Å². The Bertz CT molecular complexity index is 566. The maximum Gasteiger partial charge on any atom is 0.242 e. The van der Waals surface area contributed by atoms with Crippen LogP contribution in [0, 0.1) is 0 Å². The molecule has 0 aliphatic carbocycles. The molecule has 2 N–H and O–H groups in total. The van der Waals surface area contributed by atoms with Crippen LogP contribution >= 0.6 is 0 Å². The highest BCUT2D eigenvalue weighted by molar-refractivity contribution is 7.89. The predicted molar refractivity (Wildman–Crippen MR) is 72.4 cm³/mol. The van der Waals surface area contributed by atoms with Crippen molar-refractivity contribution in [2.75, 3.05) is 26.0 Å². The van der Waals surface area contributed by atoms with Crippen LogP contribution in [0.2, 0.25) is 0 Å². The van der Waals surface area contributed by atoms with E-state index in [-0.39, 0.29) is 16.8 Å². The third-order valence-corrected chi connectivity index (χ3v) is 4.81. The molecule has 1 atom stereocenters. The molecule has 0 radical (unpaired) electrons. The van der Waals surface area contributed by atoms with Crippen LogP contribution in [0.15, 0.2) is 29.2 Å². The number of anilines is 1. The minimum atomic E-state index is -3.39. The van der Waals surface area contributed by atoms with Crippen molar-refractivity contribution in [2.45, 2.75) is 17.4 Å². The zero-order chi connectivity index (χ0) is 14.0. The van der Waals surface area contributed by atoms with Gasteiger partial charge in [-0.2, -0.15) is 0 Å². The van der Waals surface area contributed by atoms with Crippen LogP contribution in [0.3, 0.4) is 0 Å². The van der Waals surface area contributed by atoms with Gasteiger partial charge in [-0.05, 0) is 24.3 Å². The number of rotatable bonds is 4. The normalized spacial score (nSPS) is 19.5. The smallest absolute Gasteiger partial charge is 0.242 e. The van der Waals surface area contributed by atoms with Gasteiger partial charge in [-0.25, -0.2) is 12.7 Å². The molecule has 0 spiro atoms. The Labute approximate surface area is 112 Å². The number of carbonyl (C=O) groups excluding carboxylic acids is 1. The monoisotopic (exact) mass is 283 g/mol. The number of hydrogen-bond acceptors (Lipinski definition) is 4. The molecule has 104 valence electrons. The van der Waals surface area contributed by atoms with Gasteiger partial charge in [0.25, 0.3) is 0 Å². The highest BCUT2D eigenvalue weighted by Gasteiger charge is 2.21. The molecular weight excluding hydrogens is 266 g/mol. The van der Waals surface area contributed by atoms with Crippen LogP contribution in [0.25, 0.3) is 0 Å². The SMILES string of the molecule is CN(C)S(=O)(=O)c1ccc(NC2CNC(=O)C2)cc1. The van der Waals surface area contributed by atoms with Crippen LogP contribution < -0.4 is 10.6 Å². The molecule has 1 fully saturated rings. The van der Waals surface area contributed by atoms with Gasteiger partial charge < -0.3 is 10.6 Å². The van der Waals surface area contributed by atoms with Gasteiger partial charge in [0.15, 0.2) is 0 Å². The van der Waals surface area contributed by atoms with Crippen molar-refractivity contribution >= 4 is 21.6 Å². The zero-order valence-corrected chi connectivity index (χ0v) is 11.7. The van der Waals surface area contributed by atoms with Crippen LogP contribution in [0.5, 0.6) is 0 Å². The van der Waals surface area contributed by atoms with E-state index in [2.05, 4.69) is 10.6 Å². The topological polar surface area (TPSA) is 78.5 Å². The molecule has 1 aliphatic heterocycles. The van der Waals surface area contributed by atoms with E-state index in [9.17, 15) is 13.2 Å². The van der Waals surface area contributed by atoms with Crippen molar-refractivity contribution in [2.24, 2.45) is 0 Å². The third kappa shape index (κ3) is 3.05. The van der Waals surface area contributed by atoms with Gasteiger partial charge in [0.2, 0.25) is 15.9 Å². The molecule has 1 aromatic rings. The van der Waals surface area contributed by atoms with Gasteiger partial charge in [-0.1, -0.05) is 0 Å². The van der Waals surface area contributed by atoms with E-state index in [0.29, 0.717) is 13.0 Å². The first-order valence-electron chi connectivity index (χ1n) is 5.95. The first-order chi connectivity index (χ1) is 8.89. The van der Waals surface area contributed by atoms with E-state index in [0.717, 1.165) is 5.69 Å². The molecule has 0 saturated carbocycles. The molecule has 0 aromatic heterocycles. The summed E-state index contributed by atoms with van der Waals surface area (Å²) in [6, 6.07) is 6.59. The fourth-order valence-electron chi connectivity index (χ4n) is 1.88. The number of carbonyl (C=O) groups is 1. The Balaban J connectivity index is 2.09. The molecular formula is C12H17N3O3S. The molecule has 2 rings (SSSR count). The van der Waals surface area contributed by atoms with Crippen molar-refractivity contribution < 1.29 is 13.2 Å². The lowest BCUT2D eigenvalue weighted by Gasteiger charge is -2.14. The van der Waals surface area contributed by atoms with Crippen molar-refractivity contribution in [1.29, 1.82) is 0 Å².